The molecule has 330 valence electrons. The van der Waals surface area contributed by atoms with E-state index in [1.165, 1.54) is 94.1 Å². The van der Waals surface area contributed by atoms with Crippen LogP contribution in [0.15, 0.2) is 201 Å². The predicted molar refractivity (Wildman–Crippen MR) is 286 cm³/mol. The van der Waals surface area contributed by atoms with Crippen LogP contribution in [0.4, 0.5) is 45.5 Å². The van der Waals surface area contributed by atoms with Crippen molar-refractivity contribution in [3.8, 4) is 5.30 Å². The molecule has 0 aliphatic carbocycles. The maximum Gasteiger partial charge on any atom is 0.0989 e. The van der Waals surface area contributed by atoms with E-state index in [0.29, 0.717) is 0 Å². The van der Waals surface area contributed by atoms with Crippen molar-refractivity contribution in [1.82, 2.24) is 0 Å². The van der Waals surface area contributed by atoms with Crippen molar-refractivity contribution in [3.63, 3.8) is 0 Å². The Kier molecular flexibility index (Phi) is 10.1. The van der Waals surface area contributed by atoms with Crippen LogP contribution in [0.3, 0.4) is 0 Å². The molecule has 5 heterocycles. The molecule has 0 amide bonds. The third-order valence-corrected chi connectivity index (χ3v) is 16.1. The molecule has 0 N–H and O–H groups in total. The maximum atomic E-state index is 2.48. The molecule has 4 aliphatic heterocycles. The number of aryl methyl sites for hydroxylation is 4. The second kappa shape index (κ2) is 16.6. The minimum Gasteiger partial charge on any atom is -0.328 e. The highest BCUT2D eigenvalue weighted by Gasteiger charge is 2.25. The summed E-state index contributed by atoms with van der Waals surface area (Å²) in [5.74, 6) is 0. The van der Waals surface area contributed by atoms with Gasteiger partial charge in [-0.15, -0.1) is 0 Å². The Morgan fingerprint density at radius 2 is 0.522 bits per heavy atom. The van der Waals surface area contributed by atoms with Gasteiger partial charge in [-0.3, -0.25) is 0 Å². The van der Waals surface area contributed by atoms with Crippen molar-refractivity contribution in [3.05, 3.63) is 224 Å². The summed E-state index contributed by atoms with van der Waals surface area (Å²) in [5.41, 5.74) is 14.6. The molecule has 12 rings (SSSR count). The van der Waals surface area contributed by atoms with Crippen LogP contribution in [0.25, 0.3) is 26.3 Å². The number of anilines is 8. The summed E-state index contributed by atoms with van der Waals surface area (Å²) in [4.78, 5) is 18.9. The number of fused-ring (bicyclic) bond motifs is 3. The fraction of sp³-hybridized carbons (Fsp3) is 0.138. The molecule has 1 aromatic heterocycles. The van der Waals surface area contributed by atoms with E-state index in [4.69, 9.17) is 0 Å². The second-order valence-electron chi connectivity index (χ2n) is 18.3. The third kappa shape index (κ3) is 7.73. The van der Waals surface area contributed by atoms with Gasteiger partial charge in [0.25, 0.3) is 0 Å². The monoisotopic (exact) mass is 892 g/mol. The van der Waals surface area contributed by atoms with Crippen molar-refractivity contribution < 1.29 is 0 Å². The largest absolute Gasteiger partial charge is 0.328 e. The molecule has 8 aromatic rings. The molecule has 67 heavy (non-hydrogen) atoms. The van der Waals surface area contributed by atoms with Gasteiger partial charge in [0.2, 0.25) is 0 Å². The fourth-order valence-electron chi connectivity index (χ4n) is 9.64. The Labute approximate surface area is 394 Å². The molecule has 7 aromatic carbocycles. The number of nitrogens with zero attached hydrogens (tertiary/aromatic N) is 8. The zero-order chi connectivity index (χ0) is 45.2. The Hall–Kier alpha value is -7.80. The van der Waals surface area contributed by atoms with Gasteiger partial charge in [-0.25, -0.2) is 0 Å². The zero-order valence-corrected chi connectivity index (χ0v) is 39.3. The molecule has 9 heteroatoms. The molecule has 0 bridgehead atoms. The normalized spacial score (nSPS) is 15.6. The lowest BCUT2D eigenvalue weighted by Crippen LogP contribution is -2.26. The number of hydrogen-bond acceptors (Lipinski definition) is 8. The minimum atomic E-state index is -0.986. The average molecular weight is 893 g/mol. The van der Waals surface area contributed by atoms with Crippen molar-refractivity contribution in [2.75, 3.05) is 65.9 Å². The zero-order valence-electron chi connectivity index (χ0n) is 38.4. The van der Waals surface area contributed by atoms with Crippen molar-refractivity contribution in [2.24, 2.45) is 0 Å². The van der Waals surface area contributed by atoms with E-state index in [-0.39, 0.29) is 0 Å². The van der Waals surface area contributed by atoms with Gasteiger partial charge >= 0.3 is 0 Å². The smallest absolute Gasteiger partial charge is 0.0989 e. The highest BCUT2D eigenvalue weighted by molar-refractivity contribution is 7.68. The SMILES string of the molecule is Cc1ccc(N2C=CN(c3cc(N4C=CN(c5ccc(C)cc5)C4)cc(-p4c5cc(N6C=CN(c7ccc(C)cc7)C6)ccc5c5ccc(N6C=CN(c7ccc(C)cc7)C6)cc54)c3)C2)cc1. The lowest BCUT2D eigenvalue weighted by molar-refractivity contribution is 0.963. The Morgan fingerprint density at radius 3 is 0.821 bits per heavy atom. The highest BCUT2D eigenvalue weighted by atomic mass is 31.1. The molecule has 0 radical (unpaired) electrons. The van der Waals surface area contributed by atoms with Crippen molar-refractivity contribution in [2.45, 2.75) is 27.7 Å². The van der Waals surface area contributed by atoms with Crippen LogP contribution < -0.4 is 39.2 Å². The molecule has 8 nitrogen and oxygen atoms in total. The van der Waals surface area contributed by atoms with Crippen LogP contribution in [0.1, 0.15) is 22.3 Å². The van der Waals surface area contributed by atoms with Crippen molar-refractivity contribution in [1.29, 1.82) is 0 Å². The highest BCUT2D eigenvalue weighted by Crippen LogP contribution is 2.58. The fourth-order valence-corrected chi connectivity index (χ4v) is 12.4. The predicted octanol–water partition coefficient (Wildman–Crippen LogP) is 14.2. The molecular weight excluding hydrogens is 840 g/mol. The second-order valence-corrected chi connectivity index (χ2v) is 20.5. The van der Waals surface area contributed by atoms with Gasteiger partial charge in [0.1, 0.15) is 0 Å². The number of rotatable bonds is 9. The van der Waals surface area contributed by atoms with Gasteiger partial charge in [0, 0.05) is 111 Å². The molecular formula is C58H53N8P. The van der Waals surface area contributed by atoms with Gasteiger partial charge in [-0.05, 0) is 129 Å². The van der Waals surface area contributed by atoms with E-state index in [0.717, 1.165) is 26.7 Å². The minimum absolute atomic E-state index is 0.730. The number of benzene rings is 7. The van der Waals surface area contributed by atoms with Gasteiger partial charge in [0.05, 0.1) is 26.7 Å². The summed E-state index contributed by atoms with van der Waals surface area (Å²) in [7, 11) is -0.986. The summed E-state index contributed by atoms with van der Waals surface area (Å²) in [6.45, 7) is 11.6. The topological polar surface area (TPSA) is 25.9 Å². The summed E-state index contributed by atoms with van der Waals surface area (Å²) in [6, 6.07) is 56.9. The lowest BCUT2D eigenvalue weighted by Gasteiger charge is -2.26. The molecule has 0 fully saturated rings. The first-order valence-electron chi connectivity index (χ1n) is 23.1. The van der Waals surface area contributed by atoms with Crippen LogP contribution >= 0.6 is 7.53 Å². The standard InChI is InChI=1S/C58H53N8P/c1-42-5-13-46(14-6-42)59-25-29-63(38-59)50-21-23-55-56-24-22-51(64-30-26-60(39-64)47-15-7-43(2)8-16-47)37-58(56)67(57(55)36-50)54-34-52(65-31-27-61(40-65)48-17-9-44(3)10-18-48)33-53(35-54)66-32-28-62(41-66)49-19-11-45(4)12-20-49/h5-37H,38-41H2,1-4H3. The van der Waals surface area contributed by atoms with E-state index in [9.17, 15) is 0 Å². The van der Waals surface area contributed by atoms with E-state index >= 15 is 0 Å². The average Bonchev–Trinajstić information content (AvgIpc) is 4.22. The number of hydrogen-bond donors (Lipinski definition) is 0. The van der Waals surface area contributed by atoms with E-state index in [2.05, 4.69) is 268 Å². The molecule has 0 unspecified atom stereocenters. The molecule has 0 spiro atoms. The first kappa shape index (κ1) is 40.7. The quantitative estimate of drug-likeness (QED) is 0.141. The van der Waals surface area contributed by atoms with Gasteiger partial charge in [-0.2, -0.15) is 0 Å². The van der Waals surface area contributed by atoms with Crippen molar-refractivity contribution >= 4 is 74.0 Å². The molecule has 0 saturated carbocycles. The summed E-state index contributed by atoms with van der Waals surface area (Å²) < 4.78 is 0. The van der Waals surface area contributed by atoms with E-state index < -0.39 is 7.53 Å². The van der Waals surface area contributed by atoms with Crippen LogP contribution in [-0.4, -0.2) is 26.7 Å². The molecule has 0 atom stereocenters. The Morgan fingerprint density at radius 1 is 0.269 bits per heavy atom. The van der Waals surface area contributed by atoms with Crippen LogP contribution in [0.5, 0.6) is 0 Å². The van der Waals surface area contributed by atoms with E-state index in [1.807, 2.05) is 0 Å². The summed E-state index contributed by atoms with van der Waals surface area (Å²) in [5, 5.41) is 6.74. The van der Waals surface area contributed by atoms with E-state index in [1.54, 1.807) is 0 Å². The van der Waals surface area contributed by atoms with Gasteiger partial charge in [0.15, 0.2) is 0 Å². The lowest BCUT2D eigenvalue weighted by atomic mass is 10.1. The first-order chi connectivity index (χ1) is 32.8. The summed E-state index contributed by atoms with van der Waals surface area (Å²) >= 11 is 0. The first-order valence-corrected chi connectivity index (χ1v) is 24.5. The molecule has 0 saturated heterocycles. The van der Waals surface area contributed by atoms with Gasteiger partial charge in [-0.1, -0.05) is 90.5 Å². The van der Waals surface area contributed by atoms with Crippen LogP contribution in [0, 0.1) is 27.7 Å². The Bertz CT molecular complexity index is 3060. The van der Waals surface area contributed by atoms with Crippen LogP contribution in [-0.2, 0) is 0 Å². The third-order valence-electron chi connectivity index (χ3n) is 13.6. The summed E-state index contributed by atoms with van der Waals surface area (Å²) in [6.07, 6.45) is 17.7. The van der Waals surface area contributed by atoms with Gasteiger partial charge < -0.3 is 39.2 Å². The van der Waals surface area contributed by atoms with Crippen LogP contribution in [0.2, 0.25) is 0 Å². The molecule has 4 aliphatic rings. The Balaban J connectivity index is 0.977. The maximum absolute atomic E-state index is 2.48.